The molecule has 1 unspecified atom stereocenters. The van der Waals surface area contributed by atoms with E-state index in [4.69, 9.17) is 4.74 Å². The topological polar surface area (TPSA) is 50.4 Å². The Kier molecular flexibility index (Phi) is 6.31. The Morgan fingerprint density at radius 1 is 1.37 bits per heavy atom. The minimum atomic E-state index is -0.513. The monoisotopic (exact) mass is 328 g/mol. The lowest BCUT2D eigenvalue weighted by Crippen LogP contribution is -2.33. The molecule has 5 heteroatoms. The summed E-state index contributed by atoms with van der Waals surface area (Å²) < 4.78 is 6.45. The molecule has 4 nitrogen and oxygen atoms in total. The summed E-state index contributed by atoms with van der Waals surface area (Å²) in [5.74, 6) is 0.529. The zero-order valence-corrected chi connectivity index (χ0v) is 13.4. The molecule has 0 aliphatic carbocycles. The van der Waals surface area contributed by atoms with Crippen molar-refractivity contribution in [2.45, 2.75) is 39.5 Å². The van der Waals surface area contributed by atoms with Crippen molar-refractivity contribution in [2.24, 2.45) is 0 Å². The molecule has 1 aromatic carbocycles. The third kappa shape index (κ3) is 5.20. The van der Waals surface area contributed by atoms with Gasteiger partial charge in [0.1, 0.15) is 5.75 Å². The molecular weight excluding hydrogens is 308 g/mol. The summed E-state index contributed by atoms with van der Waals surface area (Å²) in [6.45, 7) is 6.75. The van der Waals surface area contributed by atoms with Gasteiger partial charge in [-0.2, -0.15) is 0 Å². The van der Waals surface area contributed by atoms with Crippen molar-refractivity contribution < 1.29 is 9.53 Å². The summed E-state index contributed by atoms with van der Waals surface area (Å²) in [6.07, 6.45) is -0.513. The molecule has 19 heavy (non-hydrogen) atoms. The van der Waals surface area contributed by atoms with E-state index in [1.54, 1.807) is 14.0 Å². The number of nitrogens with one attached hydrogen (secondary N) is 2. The predicted molar refractivity (Wildman–Crippen MR) is 80.3 cm³/mol. The van der Waals surface area contributed by atoms with Gasteiger partial charge in [0.15, 0.2) is 6.10 Å². The smallest absolute Gasteiger partial charge is 0.260 e. The number of rotatable bonds is 6. The Labute approximate surface area is 123 Å². The molecule has 0 spiro atoms. The highest BCUT2D eigenvalue weighted by Gasteiger charge is 2.14. The van der Waals surface area contributed by atoms with Gasteiger partial charge in [-0.15, -0.1) is 0 Å². The van der Waals surface area contributed by atoms with Crippen molar-refractivity contribution in [3.63, 3.8) is 0 Å². The molecule has 0 aliphatic rings. The summed E-state index contributed by atoms with van der Waals surface area (Å²) in [5, 5.41) is 5.91. The van der Waals surface area contributed by atoms with Gasteiger partial charge in [-0.25, -0.2) is 0 Å². The first-order valence-corrected chi connectivity index (χ1v) is 7.13. The molecular formula is C14H21BrN2O2. The fourth-order valence-electron chi connectivity index (χ4n) is 1.52. The number of likely N-dealkylation sites (N-methyl/N-ethyl adjacent to an activating group) is 1. The Balaban J connectivity index is 2.69. The van der Waals surface area contributed by atoms with E-state index in [2.05, 4.69) is 40.4 Å². The van der Waals surface area contributed by atoms with Gasteiger partial charge in [0.05, 0.1) is 4.47 Å². The summed E-state index contributed by atoms with van der Waals surface area (Å²) in [5.41, 5.74) is 1.17. The first kappa shape index (κ1) is 16.0. The van der Waals surface area contributed by atoms with Gasteiger partial charge in [-0.3, -0.25) is 4.79 Å². The van der Waals surface area contributed by atoms with Gasteiger partial charge in [0.25, 0.3) is 5.91 Å². The lowest BCUT2D eigenvalue weighted by Gasteiger charge is -2.15. The Hall–Kier alpha value is -1.07. The second-order valence-electron chi connectivity index (χ2n) is 4.67. The Morgan fingerprint density at radius 3 is 2.58 bits per heavy atom. The molecule has 0 fully saturated rings. The van der Waals surface area contributed by atoms with Crippen molar-refractivity contribution >= 4 is 21.8 Å². The highest BCUT2D eigenvalue weighted by atomic mass is 79.9. The SMILES string of the molecule is CNC(=O)C(C)Oc1ccc(CNC(C)C)cc1Br. The van der Waals surface area contributed by atoms with Crippen LogP contribution in [0.15, 0.2) is 22.7 Å². The van der Waals surface area contributed by atoms with Crippen LogP contribution in [-0.2, 0) is 11.3 Å². The lowest BCUT2D eigenvalue weighted by atomic mass is 10.2. The number of benzene rings is 1. The predicted octanol–water partition coefficient (Wildman–Crippen LogP) is 2.46. The summed E-state index contributed by atoms with van der Waals surface area (Å²) in [4.78, 5) is 11.4. The number of carbonyl (C=O) groups excluding carboxylic acids is 1. The number of hydrogen-bond donors (Lipinski definition) is 2. The van der Waals surface area contributed by atoms with E-state index in [0.717, 1.165) is 11.0 Å². The fourth-order valence-corrected chi connectivity index (χ4v) is 2.04. The average Bonchev–Trinajstić information content (AvgIpc) is 2.38. The highest BCUT2D eigenvalue weighted by molar-refractivity contribution is 9.10. The first-order valence-electron chi connectivity index (χ1n) is 6.34. The summed E-state index contributed by atoms with van der Waals surface area (Å²) in [6, 6.07) is 6.32. The molecule has 0 heterocycles. The molecule has 106 valence electrons. The van der Waals surface area contributed by atoms with E-state index in [1.165, 1.54) is 5.56 Å². The number of carbonyl (C=O) groups is 1. The Bertz CT molecular complexity index is 435. The van der Waals surface area contributed by atoms with Gasteiger partial charge in [0.2, 0.25) is 0 Å². The summed E-state index contributed by atoms with van der Waals surface area (Å²) in [7, 11) is 1.60. The second-order valence-corrected chi connectivity index (χ2v) is 5.53. The van der Waals surface area contributed by atoms with E-state index in [9.17, 15) is 4.79 Å². The maximum absolute atomic E-state index is 11.4. The van der Waals surface area contributed by atoms with Gasteiger partial charge in [0, 0.05) is 19.6 Å². The highest BCUT2D eigenvalue weighted by Crippen LogP contribution is 2.27. The standard InChI is InChI=1S/C14H21BrN2O2/c1-9(2)17-8-11-5-6-13(12(15)7-11)19-10(3)14(18)16-4/h5-7,9-10,17H,8H2,1-4H3,(H,16,18). The minimum absolute atomic E-state index is 0.141. The minimum Gasteiger partial charge on any atom is -0.480 e. The lowest BCUT2D eigenvalue weighted by molar-refractivity contribution is -0.126. The van der Waals surface area contributed by atoms with E-state index >= 15 is 0 Å². The van der Waals surface area contributed by atoms with Crippen molar-refractivity contribution in [3.05, 3.63) is 28.2 Å². The van der Waals surface area contributed by atoms with Crippen molar-refractivity contribution in [2.75, 3.05) is 7.05 Å². The molecule has 0 saturated heterocycles. The van der Waals surface area contributed by atoms with Crippen LogP contribution >= 0.6 is 15.9 Å². The van der Waals surface area contributed by atoms with Crippen LogP contribution in [0, 0.1) is 0 Å². The molecule has 0 aliphatic heterocycles. The molecule has 1 rings (SSSR count). The largest absolute Gasteiger partial charge is 0.480 e. The van der Waals surface area contributed by atoms with Gasteiger partial charge >= 0.3 is 0 Å². The second kappa shape index (κ2) is 7.50. The van der Waals surface area contributed by atoms with Crippen molar-refractivity contribution in [3.8, 4) is 5.75 Å². The number of hydrogen-bond acceptors (Lipinski definition) is 3. The molecule has 1 atom stereocenters. The van der Waals surface area contributed by atoms with E-state index in [-0.39, 0.29) is 5.91 Å². The third-order valence-electron chi connectivity index (χ3n) is 2.63. The zero-order valence-electron chi connectivity index (χ0n) is 11.8. The van der Waals surface area contributed by atoms with E-state index in [1.807, 2.05) is 18.2 Å². The quantitative estimate of drug-likeness (QED) is 0.843. The molecule has 0 saturated carbocycles. The van der Waals surface area contributed by atoms with Crippen molar-refractivity contribution in [1.82, 2.24) is 10.6 Å². The van der Waals surface area contributed by atoms with Gasteiger partial charge in [-0.1, -0.05) is 19.9 Å². The van der Waals surface area contributed by atoms with Crippen LogP contribution in [0.4, 0.5) is 0 Å². The van der Waals surface area contributed by atoms with Crippen LogP contribution in [0.1, 0.15) is 26.3 Å². The van der Waals surface area contributed by atoms with Crippen LogP contribution in [0.25, 0.3) is 0 Å². The molecule has 0 radical (unpaired) electrons. The van der Waals surface area contributed by atoms with E-state index in [0.29, 0.717) is 11.8 Å². The number of ether oxygens (including phenoxy) is 1. The molecule has 0 aromatic heterocycles. The molecule has 0 bridgehead atoms. The Morgan fingerprint density at radius 2 is 2.05 bits per heavy atom. The van der Waals surface area contributed by atoms with Crippen LogP contribution in [0.5, 0.6) is 5.75 Å². The van der Waals surface area contributed by atoms with Crippen LogP contribution in [-0.4, -0.2) is 25.1 Å². The third-order valence-corrected chi connectivity index (χ3v) is 3.25. The molecule has 1 aromatic rings. The van der Waals surface area contributed by atoms with E-state index < -0.39 is 6.10 Å². The zero-order chi connectivity index (χ0) is 14.4. The number of halogens is 1. The average molecular weight is 329 g/mol. The normalized spacial score (nSPS) is 12.3. The van der Waals surface area contributed by atoms with Crippen LogP contribution in [0.3, 0.4) is 0 Å². The molecule has 1 amide bonds. The van der Waals surface area contributed by atoms with Gasteiger partial charge < -0.3 is 15.4 Å². The maximum Gasteiger partial charge on any atom is 0.260 e. The fraction of sp³-hybridized carbons (Fsp3) is 0.500. The summed E-state index contributed by atoms with van der Waals surface area (Å²) >= 11 is 3.47. The number of amides is 1. The van der Waals surface area contributed by atoms with Crippen LogP contribution < -0.4 is 15.4 Å². The van der Waals surface area contributed by atoms with Crippen LogP contribution in [0.2, 0.25) is 0 Å². The molecule has 2 N–H and O–H groups in total. The van der Waals surface area contributed by atoms with Gasteiger partial charge in [-0.05, 0) is 40.5 Å². The first-order chi connectivity index (χ1) is 8.93. The maximum atomic E-state index is 11.4. The van der Waals surface area contributed by atoms with Crippen molar-refractivity contribution in [1.29, 1.82) is 0 Å².